The molecule has 1 heterocycles. The molecule has 0 aliphatic carbocycles. The fourth-order valence-corrected chi connectivity index (χ4v) is 1.99. The van der Waals surface area contributed by atoms with Gasteiger partial charge in [-0.05, 0) is 35.6 Å². The minimum absolute atomic E-state index is 0.0423. The zero-order valence-electron chi connectivity index (χ0n) is 9.45. The van der Waals surface area contributed by atoms with E-state index in [9.17, 15) is 13.6 Å². The van der Waals surface area contributed by atoms with Crippen molar-refractivity contribution in [2.45, 2.75) is 13.5 Å². The first-order chi connectivity index (χ1) is 8.49. The molecule has 0 bridgehead atoms. The third-order valence-corrected chi connectivity index (χ3v) is 3.29. The minimum Gasteiger partial charge on any atom is -0.291 e. The lowest BCUT2D eigenvalue weighted by atomic mass is 10.2. The molecule has 2 rings (SSSR count). The largest absolute Gasteiger partial charge is 0.291 e. The molecule has 1 aromatic carbocycles. The Morgan fingerprint density at radius 1 is 1.39 bits per heavy atom. The first-order valence-electron chi connectivity index (χ1n) is 5.15. The number of halogens is 3. The number of hydrogen-bond acceptors (Lipinski definition) is 2. The van der Waals surface area contributed by atoms with Crippen molar-refractivity contribution < 1.29 is 8.78 Å². The lowest BCUT2D eigenvalue weighted by Crippen LogP contribution is -2.26. The van der Waals surface area contributed by atoms with Crippen molar-refractivity contribution in [3.05, 3.63) is 61.3 Å². The van der Waals surface area contributed by atoms with Crippen LogP contribution in [0.2, 0.25) is 0 Å². The van der Waals surface area contributed by atoms with E-state index < -0.39 is 11.6 Å². The van der Waals surface area contributed by atoms with Gasteiger partial charge in [0.05, 0.1) is 10.1 Å². The zero-order valence-corrected chi connectivity index (χ0v) is 11.6. The normalized spacial score (nSPS) is 10.7. The van der Waals surface area contributed by atoms with Crippen LogP contribution in [0.25, 0.3) is 0 Å². The summed E-state index contributed by atoms with van der Waals surface area (Å²) in [4.78, 5) is 15.9. The molecule has 0 N–H and O–H groups in total. The standard InChI is InChI=1S/C12H9F2IN2O/c1-7-16-5-11(15)12(18)17(7)6-8-2-3-9(13)4-10(8)14/h2-5H,6H2,1H3. The molecule has 1 aromatic heterocycles. The molecule has 0 spiro atoms. The van der Waals surface area contributed by atoms with E-state index in [1.807, 2.05) is 22.6 Å². The molecular formula is C12H9F2IN2O. The molecule has 0 atom stereocenters. The lowest BCUT2D eigenvalue weighted by molar-refractivity contribution is 0.560. The molecule has 0 amide bonds. The number of rotatable bonds is 2. The van der Waals surface area contributed by atoms with Crippen LogP contribution in [0.4, 0.5) is 8.78 Å². The van der Waals surface area contributed by atoms with Gasteiger partial charge in [0.25, 0.3) is 5.56 Å². The number of hydrogen-bond donors (Lipinski definition) is 0. The molecule has 0 aliphatic heterocycles. The highest BCUT2D eigenvalue weighted by molar-refractivity contribution is 14.1. The fourth-order valence-electron chi connectivity index (χ4n) is 1.56. The van der Waals surface area contributed by atoms with Crippen molar-refractivity contribution in [3.8, 4) is 0 Å². The summed E-state index contributed by atoms with van der Waals surface area (Å²) in [6.45, 7) is 1.71. The number of nitrogens with zero attached hydrogens (tertiary/aromatic N) is 2. The topological polar surface area (TPSA) is 34.9 Å². The summed E-state index contributed by atoms with van der Waals surface area (Å²) in [5, 5.41) is 0. The van der Waals surface area contributed by atoms with E-state index in [1.165, 1.54) is 22.9 Å². The van der Waals surface area contributed by atoms with Gasteiger partial charge in [-0.15, -0.1) is 0 Å². The predicted molar refractivity (Wildman–Crippen MR) is 71.4 cm³/mol. The second-order valence-electron chi connectivity index (χ2n) is 3.78. The molecular weight excluding hydrogens is 353 g/mol. The lowest BCUT2D eigenvalue weighted by Gasteiger charge is -2.10. The summed E-state index contributed by atoms with van der Waals surface area (Å²) in [5.41, 5.74) is 0.0252. The van der Waals surface area contributed by atoms with E-state index in [-0.39, 0.29) is 17.7 Å². The molecule has 6 heteroatoms. The Balaban J connectivity index is 2.46. The first kappa shape index (κ1) is 13.1. The maximum atomic E-state index is 13.5. The third kappa shape index (κ3) is 2.58. The Labute approximate surface area is 116 Å². The van der Waals surface area contributed by atoms with E-state index in [1.54, 1.807) is 6.92 Å². The van der Waals surface area contributed by atoms with E-state index in [0.29, 0.717) is 9.39 Å². The molecule has 0 fully saturated rings. The van der Waals surface area contributed by atoms with Gasteiger partial charge in [0.15, 0.2) is 0 Å². The smallest absolute Gasteiger partial charge is 0.267 e. The zero-order chi connectivity index (χ0) is 13.3. The molecule has 0 saturated heterocycles. The van der Waals surface area contributed by atoms with Gasteiger partial charge in [-0.25, -0.2) is 13.8 Å². The molecule has 2 aromatic rings. The van der Waals surface area contributed by atoms with E-state index in [4.69, 9.17) is 0 Å². The Morgan fingerprint density at radius 2 is 2.11 bits per heavy atom. The van der Waals surface area contributed by atoms with Crippen LogP contribution in [0.3, 0.4) is 0 Å². The summed E-state index contributed by atoms with van der Waals surface area (Å²) >= 11 is 1.87. The summed E-state index contributed by atoms with van der Waals surface area (Å²) in [5.74, 6) is -0.814. The van der Waals surface area contributed by atoms with E-state index >= 15 is 0 Å². The molecule has 0 aliphatic rings. The SMILES string of the molecule is Cc1ncc(I)c(=O)n1Cc1ccc(F)cc1F. The molecule has 18 heavy (non-hydrogen) atoms. The number of aryl methyl sites for hydroxylation is 1. The summed E-state index contributed by atoms with van der Waals surface area (Å²) in [7, 11) is 0. The van der Waals surface area contributed by atoms with Crippen LogP contribution in [-0.2, 0) is 6.54 Å². The van der Waals surface area contributed by atoms with Gasteiger partial charge in [-0.1, -0.05) is 6.07 Å². The van der Waals surface area contributed by atoms with Crippen molar-refractivity contribution >= 4 is 22.6 Å². The van der Waals surface area contributed by atoms with Crippen LogP contribution < -0.4 is 5.56 Å². The van der Waals surface area contributed by atoms with Gasteiger partial charge in [0.2, 0.25) is 0 Å². The van der Waals surface area contributed by atoms with Crippen LogP contribution in [0, 0.1) is 22.1 Å². The van der Waals surface area contributed by atoms with Gasteiger partial charge < -0.3 is 0 Å². The Bertz CT molecular complexity index is 655. The van der Waals surface area contributed by atoms with Crippen molar-refractivity contribution in [2.75, 3.05) is 0 Å². The Hall–Kier alpha value is -1.31. The van der Waals surface area contributed by atoms with Crippen molar-refractivity contribution in [1.29, 1.82) is 0 Å². The highest BCUT2D eigenvalue weighted by Crippen LogP contribution is 2.11. The quantitative estimate of drug-likeness (QED) is 0.770. The van der Waals surface area contributed by atoms with Crippen molar-refractivity contribution in [1.82, 2.24) is 9.55 Å². The first-order valence-corrected chi connectivity index (χ1v) is 6.23. The highest BCUT2D eigenvalue weighted by atomic mass is 127. The van der Waals surface area contributed by atoms with Crippen LogP contribution in [-0.4, -0.2) is 9.55 Å². The molecule has 0 saturated carbocycles. The molecule has 0 unspecified atom stereocenters. The Kier molecular flexibility index (Phi) is 3.74. The molecule has 0 radical (unpaired) electrons. The van der Waals surface area contributed by atoms with Gasteiger partial charge in [0.1, 0.15) is 17.5 Å². The van der Waals surface area contributed by atoms with E-state index in [2.05, 4.69) is 4.98 Å². The van der Waals surface area contributed by atoms with Crippen molar-refractivity contribution in [3.63, 3.8) is 0 Å². The van der Waals surface area contributed by atoms with Gasteiger partial charge in [-0.3, -0.25) is 9.36 Å². The average molecular weight is 362 g/mol. The monoisotopic (exact) mass is 362 g/mol. The second kappa shape index (κ2) is 5.13. The fraction of sp³-hybridized carbons (Fsp3) is 0.167. The number of benzene rings is 1. The van der Waals surface area contributed by atoms with Gasteiger partial charge in [0, 0.05) is 17.8 Å². The van der Waals surface area contributed by atoms with Crippen LogP contribution >= 0.6 is 22.6 Å². The maximum absolute atomic E-state index is 13.5. The van der Waals surface area contributed by atoms with E-state index in [0.717, 1.165) is 6.07 Å². The summed E-state index contributed by atoms with van der Waals surface area (Å²) in [6, 6.07) is 3.30. The van der Waals surface area contributed by atoms with Crippen LogP contribution in [0.15, 0.2) is 29.2 Å². The average Bonchev–Trinajstić information content (AvgIpc) is 2.32. The van der Waals surface area contributed by atoms with Crippen molar-refractivity contribution in [2.24, 2.45) is 0 Å². The summed E-state index contributed by atoms with van der Waals surface area (Å²) in [6.07, 6.45) is 1.47. The maximum Gasteiger partial charge on any atom is 0.267 e. The summed E-state index contributed by atoms with van der Waals surface area (Å²) < 4.78 is 28.1. The molecule has 3 nitrogen and oxygen atoms in total. The second-order valence-corrected chi connectivity index (χ2v) is 4.94. The number of aromatic nitrogens is 2. The van der Waals surface area contributed by atoms with Crippen LogP contribution in [0.5, 0.6) is 0 Å². The van der Waals surface area contributed by atoms with Gasteiger partial charge >= 0.3 is 0 Å². The highest BCUT2D eigenvalue weighted by Gasteiger charge is 2.09. The minimum atomic E-state index is -0.667. The van der Waals surface area contributed by atoms with Crippen LogP contribution in [0.1, 0.15) is 11.4 Å². The van der Waals surface area contributed by atoms with Gasteiger partial charge in [-0.2, -0.15) is 0 Å². The molecule has 94 valence electrons. The third-order valence-electron chi connectivity index (χ3n) is 2.55. The Morgan fingerprint density at radius 3 is 2.78 bits per heavy atom. The predicted octanol–water partition coefficient (Wildman–Crippen LogP) is 2.48.